The van der Waals surface area contributed by atoms with Crippen molar-refractivity contribution in [3.63, 3.8) is 0 Å². The van der Waals surface area contributed by atoms with Crippen LogP contribution in [0.3, 0.4) is 0 Å². The van der Waals surface area contributed by atoms with E-state index >= 15 is 0 Å². The lowest BCUT2D eigenvalue weighted by molar-refractivity contribution is 0.263. The Labute approximate surface area is 128 Å². The first kappa shape index (κ1) is 19.6. The zero-order valence-electron chi connectivity index (χ0n) is 14.0. The summed E-state index contributed by atoms with van der Waals surface area (Å²) in [6.45, 7) is 10.1. The molecule has 0 bridgehead atoms. The van der Waals surface area contributed by atoms with Crippen LogP contribution >= 0.6 is 0 Å². The lowest BCUT2D eigenvalue weighted by Gasteiger charge is -2.18. The molecule has 0 aliphatic carbocycles. The van der Waals surface area contributed by atoms with E-state index in [0.29, 0.717) is 5.92 Å². The summed E-state index contributed by atoms with van der Waals surface area (Å²) in [6, 6.07) is 0. The highest BCUT2D eigenvalue weighted by atomic mass is 19.1. The number of allylic oxidation sites excluding steroid dienone is 5. The monoisotopic (exact) mass is 296 g/mol. The maximum atomic E-state index is 12.7. The second-order valence-corrected chi connectivity index (χ2v) is 5.19. The van der Waals surface area contributed by atoms with Gasteiger partial charge in [-0.25, -0.2) is 4.39 Å². The zero-order valence-corrected chi connectivity index (χ0v) is 14.0. The predicted octanol–water partition coefficient (Wildman–Crippen LogP) is 4.69. The topological polar surface area (TPSA) is 24.8 Å². The Morgan fingerprint density at radius 2 is 2.05 bits per heavy atom. The normalized spacial score (nSPS) is 15.4. The van der Waals surface area contributed by atoms with Gasteiger partial charge in [-0.05, 0) is 64.9 Å². The Hall–Kier alpha value is -1.42. The second-order valence-electron chi connectivity index (χ2n) is 5.19. The van der Waals surface area contributed by atoms with Crippen LogP contribution in [0, 0.1) is 5.92 Å². The Kier molecular flexibility index (Phi) is 11.5. The zero-order chi connectivity index (χ0) is 16.1. The van der Waals surface area contributed by atoms with Crippen molar-refractivity contribution in [2.45, 2.75) is 40.5 Å². The van der Waals surface area contributed by atoms with Gasteiger partial charge in [0, 0.05) is 0 Å². The van der Waals surface area contributed by atoms with Crippen LogP contribution in [0.1, 0.15) is 40.5 Å². The standard InChI is InChI=1S/C17H29FN2O/c1-6-12-20(5)13-11-15(3)16(4)19-21-14-9-8-10-17(18)7-2/h7-10,14-15H,6,11-13H2,1-5H3/b10-8-,14-9+,17-7+,19-16+. The van der Waals surface area contributed by atoms with Gasteiger partial charge >= 0.3 is 0 Å². The molecule has 3 nitrogen and oxygen atoms in total. The summed E-state index contributed by atoms with van der Waals surface area (Å²) in [6.07, 6.45) is 9.62. The molecule has 120 valence electrons. The van der Waals surface area contributed by atoms with Crippen molar-refractivity contribution in [2.24, 2.45) is 11.1 Å². The molecule has 0 aliphatic heterocycles. The highest BCUT2D eigenvalue weighted by Crippen LogP contribution is 2.07. The first-order chi connectivity index (χ1) is 10.0. The molecular formula is C17H29FN2O. The van der Waals surface area contributed by atoms with Crippen LogP contribution in [-0.2, 0) is 4.84 Å². The molecule has 0 spiro atoms. The predicted molar refractivity (Wildman–Crippen MR) is 88.9 cm³/mol. The summed E-state index contributed by atoms with van der Waals surface area (Å²) < 4.78 is 12.7. The van der Waals surface area contributed by atoms with Crippen molar-refractivity contribution in [3.8, 4) is 0 Å². The van der Waals surface area contributed by atoms with E-state index in [9.17, 15) is 4.39 Å². The van der Waals surface area contributed by atoms with Crippen LogP contribution in [0.5, 0.6) is 0 Å². The lowest BCUT2D eigenvalue weighted by atomic mass is 10.0. The molecule has 0 saturated carbocycles. The van der Waals surface area contributed by atoms with E-state index in [1.807, 2.05) is 6.92 Å². The number of rotatable bonds is 10. The number of hydrogen-bond acceptors (Lipinski definition) is 3. The van der Waals surface area contributed by atoms with Crippen LogP contribution in [0.25, 0.3) is 0 Å². The van der Waals surface area contributed by atoms with E-state index in [1.165, 1.54) is 24.8 Å². The molecule has 0 saturated heterocycles. The molecule has 0 aromatic rings. The van der Waals surface area contributed by atoms with Gasteiger partial charge in [-0.1, -0.05) is 31.2 Å². The van der Waals surface area contributed by atoms with Gasteiger partial charge in [0.25, 0.3) is 0 Å². The fraction of sp³-hybridized carbons (Fsp3) is 0.588. The fourth-order valence-electron chi connectivity index (χ4n) is 1.64. The summed E-state index contributed by atoms with van der Waals surface area (Å²) in [5.41, 5.74) is 0.966. The van der Waals surface area contributed by atoms with E-state index in [0.717, 1.165) is 25.2 Å². The first-order valence-corrected chi connectivity index (χ1v) is 7.55. The second kappa shape index (κ2) is 12.3. The lowest BCUT2D eigenvalue weighted by Crippen LogP contribution is -2.23. The quantitative estimate of drug-likeness (QED) is 0.253. The van der Waals surface area contributed by atoms with Crippen molar-refractivity contribution < 1.29 is 9.23 Å². The third-order valence-corrected chi connectivity index (χ3v) is 3.24. The maximum Gasteiger partial charge on any atom is 0.122 e. The van der Waals surface area contributed by atoms with Crippen molar-refractivity contribution in [1.82, 2.24) is 4.90 Å². The molecule has 21 heavy (non-hydrogen) atoms. The number of halogens is 1. The van der Waals surface area contributed by atoms with Gasteiger partial charge in [0.1, 0.15) is 12.1 Å². The summed E-state index contributed by atoms with van der Waals surface area (Å²) in [7, 11) is 2.14. The van der Waals surface area contributed by atoms with E-state index in [-0.39, 0.29) is 5.83 Å². The van der Waals surface area contributed by atoms with Crippen LogP contribution in [0.4, 0.5) is 4.39 Å². The fourth-order valence-corrected chi connectivity index (χ4v) is 1.64. The molecule has 4 heteroatoms. The molecule has 0 aliphatic rings. The molecule has 0 heterocycles. The summed E-state index contributed by atoms with van der Waals surface area (Å²) >= 11 is 0. The minimum absolute atomic E-state index is 0.274. The average molecular weight is 296 g/mol. The molecule has 1 unspecified atom stereocenters. The van der Waals surface area contributed by atoms with E-state index < -0.39 is 0 Å². The van der Waals surface area contributed by atoms with Crippen LogP contribution in [-0.4, -0.2) is 30.7 Å². The summed E-state index contributed by atoms with van der Waals surface area (Å²) in [5, 5.41) is 4.05. The molecule has 0 amide bonds. The van der Waals surface area contributed by atoms with Gasteiger partial charge in [0.2, 0.25) is 0 Å². The smallest absolute Gasteiger partial charge is 0.122 e. The Morgan fingerprint density at radius 1 is 1.33 bits per heavy atom. The van der Waals surface area contributed by atoms with Gasteiger partial charge in [0.05, 0.1) is 5.71 Å². The van der Waals surface area contributed by atoms with Crippen LogP contribution < -0.4 is 0 Å². The molecule has 0 aromatic carbocycles. The first-order valence-electron chi connectivity index (χ1n) is 7.55. The minimum Gasteiger partial charge on any atom is -0.365 e. The van der Waals surface area contributed by atoms with E-state index in [4.69, 9.17) is 4.84 Å². The highest BCUT2D eigenvalue weighted by Gasteiger charge is 2.07. The molecule has 1 atom stereocenters. The van der Waals surface area contributed by atoms with Crippen molar-refractivity contribution >= 4 is 5.71 Å². The highest BCUT2D eigenvalue weighted by molar-refractivity contribution is 5.83. The van der Waals surface area contributed by atoms with E-state index in [2.05, 4.69) is 31.0 Å². The summed E-state index contributed by atoms with van der Waals surface area (Å²) in [5.74, 6) is 0.109. The largest absolute Gasteiger partial charge is 0.365 e. The average Bonchev–Trinajstić information content (AvgIpc) is 2.47. The third kappa shape index (κ3) is 11.0. The van der Waals surface area contributed by atoms with Gasteiger partial charge < -0.3 is 9.74 Å². The molecule has 0 fully saturated rings. The molecular weight excluding hydrogens is 267 g/mol. The molecule has 0 rings (SSSR count). The Morgan fingerprint density at radius 3 is 2.67 bits per heavy atom. The Balaban J connectivity index is 4.06. The van der Waals surface area contributed by atoms with Gasteiger partial charge in [-0.15, -0.1) is 0 Å². The van der Waals surface area contributed by atoms with Gasteiger partial charge in [0.15, 0.2) is 0 Å². The summed E-state index contributed by atoms with van der Waals surface area (Å²) in [4.78, 5) is 7.41. The molecule has 0 aromatic heterocycles. The van der Waals surface area contributed by atoms with Gasteiger partial charge in [-0.2, -0.15) is 0 Å². The van der Waals surface area contributed by atoms with Crippen molar-refractivity contribution in [2.75, 3.05) is 20.1 Å². The van der Waals surface area contributed by atoms with Crippen molar-refractivity contribution in [1.29, 1.82) is 0 Å². The minimum atomic E-state index is -0.274. The Bertz CT molecular complexity index is 386. The maximum absolute atomic E-state index is 12.7. The third-order valence-electron chi connectivity index (χ3n) is 3.24. The van der Waals surface area contributed by atoms with Crippen LogP contribution in [0.2, 0.25) is 0 Å². The molecule has 0 N–H and O–H groups in total. The van der Waals surface area contributed by atoms with Gasteiger partial charge in [-0.3, -0.25) is 0 Å². The van der Waals surface area contributed by atoms with Crippen LogP contribution in [0.15, 0.2) is 41.5 Å². The number of hydrogen-bond donors (Lipinski definition) is 0. The van der Waals surface area contributed by atoms with Crippen molar-refractivity contribution in [3.05, 3.63) is 36.4 Å². The number of nitrogens with zero attached hydrogens (tertiary/aromatic N) is 2. The number of oxime groups is 1. The SMILES string of the molecule is C\C=C(F)/C=C\C=C\O/N=C(\C)C(C)CCN(C)CCC. The van der Waals surface area contributed by atoms with E-state index in [1.54, 1.807) is 19.1 Å². The molecule has 0 radical (unpaired) electrons.